The van der Waals surface area contributed by atoms with Gasteiger partial charge in [-0.3, -0.25) is 9.10 Å². The molecule has 1 unspecified atom stereocenters. The van der Waals surface area contributed by atoms with Crippen molar-refractivity contribution < 1.29 is 13.2 Å². The average molecular weight is 537 g/mol. The van der Waals surface area contributed by atoms with E-state index in [9.17, 15) is 13.2 Å². The quantitative estimate of drug-likeness (QED) is 0.446. The van der Waals surface area contributed by atoms with Gasteiger partial charge >= 0.3 is 0 Å². The fraction of sp³-hybridized carbons (Fsp3) is 0.480. The molecular formula is C25H34BrN3O3S. The molecule has 2 aromatic carbocycles. The average Bonchev–Trinajstić information content (AvgIpc) is 2.80. The first-order chi connectivity index (χ1) is 15.8. The molecule has 33 heavy (non-hydrogen) atoms. The zero-order valence-corrected chi connectivity index (χ0v) is 21.9. The number of likely N-dealkylation sites (tertiary alicyclic amines) is 1. The van der Waals surface area contributed by atoms with E-state index in [4.69, 9.17) is 0 Å². The van der Waals surface area contributed by atoms with E-state index in [1.54, 1.807) is 42.5 Å². The number of nitrogens with one attached hydrogen (secondary N) is 1. The van der Waals surface area contributed by atoms with Crippen LogP contribution in [-0.4, -0.2) is 51.4 Å². The number of halogens is 1. The third kappa shape index (κ3) is 7.04. The molecule has 6 nitrogen and oxygen atoms in total. The predicted octanol–water partition coefficient (Wildman–Crippen LogP) is 4.72. The summed E-state index contributed by atoms with van der Waals surface area (Å²) in [5.41, 5.74) is 1.42. The van der Waals surface area contributed by atoms with Crippen LogP contribution in [0.15, 0.2) is 57.9 Å². The van der Waals surface area contributed by atoms with Gasteiger partial charge in [0.25, 0.3) is 10.0 Å². The van der Waals surface area contributed by atoms with Gasteiger partial charge in [0.05, 0.1) is 10.6 Å². The number of rotatable bonds is 10. The smallest absolute Gasteiger partial charge is 0.264 e. The first kappa shape index (κ1) is 25.7. The molecule has 1 aliphatic rings. The molecule has 1 amide bonds. The van der Waals surface area contributed by atoms with Crippen LogP contribution in [0.2, 0.25) is 0 Å². The maximum atomic E-state index is 13.4. The molecule has 180 valence electrons. The molecule has 0 aliphatic carbocycles. The van der Waals surface area contributed by atoms with Crippen molar-refractivity contribution in [3.63, 3.8) is 0 Å². The molecule has 0 spiro atoms. The van der Waals surface area contributed by atoms with Gasteiger partial charge in [-0.2, -0.15) is 0 Å². The van der Waals surface area contributed by atoms with E-state index in [0.717, 1.165) is 36.0 Å². The van der Waals surface area contributed by atoms with Crippen molar-refractivity contribution >= 4 is 37.5 Å². The van der Waals surface area contributed by atoms with Gasteiger partial charge in [-0.1, -0.05) is 53.0 Å². The van der Waals surface area contributed by atoms with Crippen molar-refractivity contribution in [1.82, 2.24) is 10.2 Å². The lowest BCUT2D eigenvalue weighted by Crippen LogP contribution is -2.43. The number of anilines is 1. The number of nitrogens with zero attached hydrogens (tertiary/aromatic N) is 2. The van der Waals surface area contributed by atoms with E-state index in [-0.39, 0.29) is 17.3 Å². The highest BCUT2D eigenvalue weighted by atomic mass is 79.9. The summed E-state index contributed by atoms with van der Waals surface area (Å²) in [7, 11) is -3.90. The Kier molecular flexibility index (Phi) is 9.35. The van der Waals surface area contributed by atoms with Gasteiger partial charge in [-0.05, 0) is 69.5 Å². The zero-order valence-electron chi connectivity index (χ0n) is 19.5. The lowest BCUT2D eigenvalue weighted by Gasteiger charge is -2.35. The van der Waals surface area contributed by atoms with Crippen molar-refractivity contribution in [3.05, 3.63) is 58.6 Å². The lowest BCUT2D eigenvalue weighted by atomic mass is 10.00. The Balaban J connectivity index is 1.66. The van der Waals surface area contributed by atoms with Crippen LogP contribution in [-0.2, 0) is 14.8 Å². The van der Waals surface area contributed by atoms with Gasteiger partial charge in [-0.25, -0.2) is 8.42 Å². The summed E-state index contributed by atoms with van der Waals surface area (Å²) in [6, 6.07) is 14.3. The second-order valence-corrected chi connectivity index (χ2v) is 11.4. The summed E-state index contributed by atoms with van der Waals surface area (Å²) in [5, 5.41) is 2.92. The van der Waals surface area contributed by atoms with Crippen molar-refractivity contribution in [2.24, 2.45) is 0 Å². The van der Waals surface area contributed by atoms with Gasteiger partial charge in [0.1, 0.15) is 6.54 Å². The highest BCUT2D eigenvalue weighted by Gasteiger charge is 2.27. The Morgan fingerprint density at radius 3 is 2.64 bits per heavy atom. The van der Waals surface area contributed by atoms with Crippen molar-refractivity contribution in [2.45, 2.75) is 56.9 Å². The minimum atomic E-state index is -3.90. The van der Waals surface area contributed by atoms with Crippen LogP contribution in [0.3, 0.4) is 0 Å². The highest BCUT2D eigenvalue weighted by molar-refractivity contribution is 9.10. The van der Waals surface area contributed by atoms with Crippen LogP contribution >= 0.6 is 15.9 Å². The van der Waals surface area contributed by atoms with E-state index in [1.807, 2.05) is 13.0 Å². The monoisotopic (exact) mass is 535 g/mol. The number of carbonyl (C=O) groups excluding carboxylic acids is 1. The van der Waals surface area contributed by atoms with Crippen LogP contribution in [0.25, 0.3) is 0 Å². The molecule has 0 bridgehead atoms. The Morgan fingerprint density at radius 2 is 1.94 bits per heavy atom. The molecule has 1 fully saturated rings. The van der Waals surface area contributed by atoms with Crippen LogP contribution < -0.4 is 9.62 Å². The zero-order chi connectivity index (χ0) is 23.8. The summed E-state index contributed by atoms with van der Waals surface area (Å²) in [5.74, 6) is -0.309. The Labute approximate surface area is 206 Å². The van der Waals surface area contributed by atoms with Gasteiger partial charge in [0.15, 0.2) is 0 Å². The molecule has 8 heteroatoms. The van der Waals surface area contributed by atoms with Crippen LogP contribution in [0.5, 0.6) is 0 Å². The molecule has 3 rings (SSSR count). The summed E-state index contributed by atoms with van der Waals surface area (Å²) >= 11 is 3.40. The number of hydrogen-bond acceptors (Lipinski definition) is 4. The van der Waals surface area contributed by atoms with Crippen molar-refractivity contribution in [1.29, 1.82) is 0 Å². The van der Waals surface area contributed by atoms with E-state index >= 15 is 0 Å². The summed E-state index contributed by atoms with van der Waals surface area (Å²) in [4.78, 5) is 15.5. The standard InChI is InChI=1S/C25H34BrN3O3S/c1-3-22-9-4-5-16-28(22)17-7-15-27-25(30)19-29(23-10-6-8-21(26)18-23)33(31,32)24-13-11-20(2)12-14-24/h6,8,10-14,18,22H,3-5,7,9,15-17,19H2,1-2H3,(H,27,30). The van der Waals surface area contributed by atoms with E-state index < -0.39 is 10.0 Å². The SMILES string of the molecule is CCC1CCCCN1CCCNC(=O)CN(c1cccc(Br)c1)S(=O)(=O)c1ccc(C)cc1. The molecular weight excluding hydrogens is 502 g/mol. The molecule has 1 atom stereocenters. The lowest BCUT2D eigenvalue weighted by molar-refractivity contribution is -0.119. The number of sulfonamides is 1. The minimum absolute atomic E-state index is 0.164. The number of amides is 1. The molecule has 0 aromatic heterocycles. The summed E-state index contributed by atoms with van der Waals surface area (Å²) in [6.07, 6.45) is 5.80. The van der Waals surface area contributed by atoms with Crippen LogP contribution in [0.4, 0.5) is 5.69 Å². The summed E-state index contributed by atoms with van der Waals surface area (Å²) < 4.78 is 28.8. The normalized spacial score (nSPS) is 17.0. The number of piperidine rings is 1. The van der Waals surface area contributed by atoms with Crippen molar-refractivity contribution in [2.75, 3.05) is 30.5 Å². The van der Waals surface area contributed by atoms with E-state index in [1.165, 1.54) is 23.6 Å². The first-order valence-electron chi connectivity index (χ1n) is 11.7. The largest absolute Gasteiger partial charge is 0.354 e. The molecule has 0 radical (unpaired) electrons. The number of benzene rings is 2. The maximum Gasteiger partial charge on any atom is 0.264 e. The second-order valence-electron chi connectivity index (χ2n) is 8.60. The predicted molar refractivity (Wildman–Crippen MR) is 137 cm³/mol. The van der Waals surface area contributed by atoms with Crippen LogP contribution in [0, 0.1) is 6.92 Å². The molecule has 1 saturated heterocycles. The van der Waals surface area contributed by atoms with Gasteiger partial charge in [-0.15, -0.1) is 0 Å². The van der Waals surface area contributed by atoms with E-state index in [0.29, 0.717) is 18.3 Å². The van der Waals surface area contributed by atoms with Gasteiger partial charge < -0.3 is 10.2 Å². The topological polar surface area (TPSA) is 69.7 Å². The molecule has 1 N–H and O–H groups in total. The van der Waals surface area contributed by atoms with Gasteiger partial charge in [0, 0.05) is 23.6 Å². The van der Waals surface area contributed by atoms with E-state index in [2.05, 4.69) is 33.1 Å². The molecule has 1 aliphatic heterocycles. The second kappa shape index (κ2) is 12.0. The number of hydrogen-bond donors (Lipinski definition) is 1. The minimum Gasteiger partial charge on any atom is -0.354 e. The van der Waals surface area contributed by atoms with Crippen molar-refractivity contribution in [3.8, 4) is 0 Å². The van der Waals surface area contributed by atoms with Gasteiger partial charge in [0.2, 0.25) is 5.91 Å². The number of carbonyl (C=O) groups is 1. The first-order valence-corrected chi connectivity index (χ1v) is 13.9. The highest BCUT2D eigenvalue weighted by Crippen LogP contribution is 2.26. The fourth-order valence-corrected chi connectivity index (χ4v) is 6.10. The Hall–Kier alpha value is -1.90. The fourth-order valence-electron chi connectivity index (χ4n) is 4.30. The maximum absolute atomic E-state index is 13.4. The molecule has 2 aromatic rings. The van der Waals surface area contributed by atoms with Crippen LogP contribution in [0.1, 0.15) is 44.6 Å². The molecule has 1 heterocycles. The summed E-state index contributed by atoms with van der Waals surface area (Å²) in [6.45, 7) is 6.47. The number of aryl methyl sites for hydroxylation is 1. The molecule has 0 saturated carbocycles. The third-order valence-corrected chi connectivity index (χ3v) is 8.44. The third-order valence-electron chi connectivity index (χ3n) is 6.16. The Morgan fingerprint density at radius 1 is 1.18 bits per heavy atom. The Bertz CT molecular complexity index is 1030.